The fraction of sp³-hybridized carbons (Fsp3) is 0.538. The van der Waals surface area contributed by atoms with Gasteiger partial charge in [-0.1, -0.05) is 26.8 Å². The Morgan fingerprint density at radius 1 is 1.33 bits per heavy atom. The number of pyridine rings is 1. The molecule has 0 radical (unpaired) electrons. The molecular weight excluding hydrogens is 228 g/mol. The molecule has 5 heteroatoms. The van der Waals surface area contributed by atoms with Gasteiger partial charge in [0, 0.05) is 12.2 Å². The first-order valence-electron chi connectivity index (χ1n) is 6.35. The van der Waals surface area contributed by atoms with Crippen molar-refractivity contribution in [1.82, 2.24) is 19.5 Å². The van der Waals surface area contributed by atoms with Crippen LogP contribution in [0.3, 0.4) is 0 Å². The predicted molar refractivity (Wildman–Crippen MR) is 71.8 cm³/mol. The minimum absolute atomic E-state index is 0.0676. The first kappa shape index (κ1) is 12.8. The monoisotopic (exact) mass is 248 g/mol. The lowest BCUT2D eigenvalue weighted by Gasteiger charge is -2.13. The van der Waals surface area contributed by atoms with E-state index < -0.39 is 0 Å². The van der Waals surface area contributed by atoms with Crippen LogP contribution in [0.2, 0.25) is 0 Å². The molecule has 1 atom stereocenters. The third kappa shape index (κ3) is 2.79. The Morgan fingerprint density at radius 3 is 2.78 bits per heavy atom. The Morgan fingerprint density at radius 2 is 2.11 bits per heavy atom. The number of hydrogen-bond donors (Lipinski definition) is 1. The quantitative estimate of drug-likeness (QED) is 0.863. The van der Waals surface area contributed by atoms with Crippen molar-refractivity contribution in [1.29, 1.82) is 0 Å². The van der Waals surface area contributed by atoms with Gasteiger partial charge in [-0.25, -0.2) is 9.48 Å². The van der Waals surface area contributed by atoms with E-state index in [0.717, 1.165) is 6.54 Å². The Hall–Kier alpha value is -1.62. The van der Waals surface area contributed by atoms with E-state index in [1.54, 1.807) is 15.3 Å². The van der Waals surface area contributed by atoms with E-state index in [9.17, 15) is 4.79 Å². The van der Waals surface area contributed by atoms with Crippen molar-refractivity contribution in [3.05, 3.63) is 34.9 Å². The smallest absolute Gasteiger partial charge is 0.314 e. The number of aromatic nitrogens is 3. The molecule has 2 heterocycles. The molecule has 0 aliphatic rings. The van der Waals surface area contributed by atoms with Gasteiger partial charge in [-0.05, 0) is 24.6 Å². The topological polar surface area (TPSA) is 51.3 Å². The van der Waals surface area contributed by atoms with E-state index in [4.69, 9.17) is 0 Å². The van der Waals surface area contributed by atoms with Gasteiger partial charge in [0.1, 0.15) is 0 Å². The molecule has 0 bridgehead atoms. The Bertz CT molecular complexity index is 570. The van der Waals surface area contributed by atoms with Crippen LogP contribution in [-0.2, 0) is 6.54 Å². The molecule has 0 amide bonds. The Labute approximate surface area is 106 Å². The molecule has 5 nitrogen and oxygen atoms in total. The molecule has 0 saturated carbocycles. The summed E-state index contributed by atoms with van der Waals surface area (Å²) < 4.78 is 3.12. The lowest BCUT2D eigenvalue weighted by Crippen LogP contribution is -2.32. The Balaban J connectivity index is 2.12. The van der Waals surface area contributed by atoms with Crippen LogP contribution in [0, 0.1) is 5.92 Å². The van der Waals surface area contributed by atoms with Crippen molar-refractivity contribution < 1.29 is 0 Å². The summed E-state index contributed by atoms with van der Waals surface area (Å²) in [6, 6.07) is 6.03. The highest BCUT2D eigenvalue weighted by molar-refractivity contribution is 5.35. The summed E-state index contributed by atoms with van der Waals surface area (Å²) in [5.74, 6) is 0.370. The average Bonchev–Trinajstić information content (AvgIpc) is 2.65. The number of nitrogens with one attached hydrogen (secondary N) is 1. The van der Waals surface area contributed by atoms with Crippen molar-refractivity contribution in [2.24, 2.45) is 5.92 Å². The number of rotatable bonds is 5. The highest BCUT2D eigenvalue weighted by atomic mass is 16.2. The van der Waals surface area contributed by atoms with Crippen LogP contribution in [0.25, 0.3) is 5.65 Å². The third-order valence-electron chi connectivity index (χ3n) is 2.85. The highest BCUT2D eigenvalue weighted by Gasteiger charge is 2.10. The maximum absolute atomic E-state index is 12.0. The standard InChI is InChI=1S/C13H20N4O/c1-10(2)14-8-11(3)9-17-13(18)16-7-5-4-6-12(16)15-17/h4-7,10-11,14H,8-9H2,1-3H3. The Kier molecular flexibility index (Phi) is 3.81. The maximum Gasteiger partial charge on any atom is 0.350 e. The fourth-order valence-corrected chi connectivity index (χ4v) is 1.88. The zero-order valence-electron chi connectivity index (χ0n) is 11.1. The molecule has 0 saturated heterocycles. The van der Waals surface area contributed by atoms with Crippen molar-refractivity contribution in [3.8, 4) is 0 Å². The lowest BCUT2D eigenvalue weighted by atomic mass is 10.2. The number of fused-ring (bicyclic) bond motifs is 1. The molecule has 0 aromatic carbocycles. The first-order chi connectivity index (χ1) is 8.58. The van der Waals surface area contributed by atoms with E-state index in [0.29, 0.717) is 24.2 Å². The van der Waals surface area contributed by atoms with Gasteiger partial charge in [0.25, 0.3) is 0 Å². The molecule has 2 aromatic heterocycles. The molecule has 1 N–H and O–H groups in total. The second-order valence-corrected chi connectivity index (χ2v) is 5.06. The summed E-state index contributed by atoms with van der Waals surface area (Å²) >= 11 is 0. The highest BCUT2D eigenvalue weighted by Crippen LogP contribution is 2.00. The molecule has 0 fully saturated rings. The van der Waals surface area contributed by atoms with Crippen LogP contribution in [0.4, 0.5) is 0 Å². The third-order valence-corrected chi connectivity index (χ3v) is 2.85. The van der Waals surface area contributed by atoms with Gasteiger partial charge in [-0.2, -0.15) is 0 Å². The van der Waals surface area contributed by atoms with Crippen LogP contribution in [0.15, 0.2) is 29.2 Å². The largest absolute Gasteiger partial charge is 0.350 e. The van der Waals surface area contributed by atoms with E-state index in [1.807, 2.05) is 18.2 Å². The van der Waals surface area contributed by atoms with Gasteiger partial charge in [0.2, 0.25) is 0 Å². The summed E-state index contributed by atoms with van der Waals surface area (Å²) in [6.45, 7) is 7.87. The van der Waals surface area contributed by atoms with Crippen molar-refractivity contribution in [2.45, 2.75) is 33.4 Å². The second kappa shape index (κ2) is 5.35. The predicted octanol–water partition coefficient (Wildman–Crippen LogP) is 1.13. The van der Waals surface area contributed by atoms with Crippen LogP contribution >= 0.6 is 0 Å². The summed E-state index contributed by atoms with van der Waals surface area (Å²) in [5, 5.41) is 7.69. The molecule has 2 rings (SSSR count). The van der Waals surface area contributed by atoms with E-state index >= 15 is 0 Å². The van der Waals surface area contributed by atoms with Gasteiger partial charge in [0.05, 0.1) is 6.54 Å². The summed E-state index contributed by atoms with van der Waals surface area (Å²) in [7, 11) is 0. The zero-order valence-corrected chi connectivity index (χ0v) is 11.1. The van der Waals surface area contributed by atoms with Crippen LogP contribution in [0.1, 0.15) is 20.8 Å². The van der Waals surface area contributed by atoms with E-state index in [2.05, 4.69) is 31.2 Å². The molecule has 1 unspecified atom stereocenters. The second-order valence-electron chi connectivity index (χ2n) is 5.06. The minimum atomic E-state index is -0.0676. The van der Waals surface area contributed by atoms with Crippen molar-refractivity contribution in [3.63, 3.8) is 0 Å². The summed E-state index contributed by atoms with van der Waals surface area (Å²) in [5.41, 5.74) is 0.633. The normalized spacial score (nSPS) is 13.3. The zero-order chi connectivity index (χ0) is 13.1. The van der Waals surface area contributed by atoms with E-state index in [1.165, 1.54) is 0 Å². The van der Waals surface area contributed by atoms with Crippen LogP contribution in [-0.4, -0.2) is 26.8 Å². The van der Waals surface area contributed by atoms with Crippen LogP contribution in [0.5, 0.6) is 0 Å². The van der Waals surface area contributed by atoms with Gasteiger partial charge >= 0.3 is 5.69 Å². The molecular formula is C13H20N4O. The number of nitrogens with zero attached hydrogens (tertiary/aromatic N) is 3. The molecule has 0 aliphatic heterocycles. The minimum Gasteiger partial charge on any atom is -0.314 e. The SMILES string of the molecule is CC(CNC(C)C)Cn1nc2ccccn2c1=O. The average molecular weight is 248 g/mol. The number of hydrogen-bond acceptors (Lipinski definition) is 3. The van der Waals surface area contributed by atoms with Gasteiger partial charge in [-0.15, -0.1) is 5.10 Å². The van der Waals surface area contributed by atoms with Gasteiger partial charge in [-0.3, -0.25) is 4.40 Å². The molecule has 0 spiro atoms. The van der Waals surface area contributed by atoms with Crippen molar-refractivity contribution in [2.75, 3.05) is 6.54 Å². The van der Waals surface area contributed by atoms with Crippen molar-refractivity contribution >= 4 is 5.65 Å². The molecule has 98 valence electrons. The van der Waals surface area contributed by atoms with Gasteiger partial charge in [0.15, 0.2) is 5.65 Å². The maximum atomic E-state index is 12.0. The molecule has 2 aromatic rings. The first-order valence-corrected chi connectivity index (χ1v) is 6.35. The van der Waals surface area contributed by atoms with E-state index in [-0.39, 0.29) is 5.69 Å². The van der Waals surface area contributed by atoms with Gasteiger partial charge < -0.3 is 5.32 Å². The molecule has 18 heavy (non-hydrogen) atoms. The fourth-order valence-electron chi connectivity index (χ4n) is 1.88. The summed E-state index contributed by atoms with van der Waals surface area (Å²) in [4.78, 5) is 12.0. The van der Waals surface area contributed by atoms with Crippen LogP contribution < -0.4 is 11.0 Å². The molecule has 0 aliphatic carbocycles. The summed E-state index contributed by atoms with van der Waals surface area (Å²) in [6.07, 6.45) is 1.75. The lowest BCUT2D eigenvalue weighted by molar-refractivity contribution is 0.400.